The molecule has 0 bridgehead atoms. The lowest BCUT2D eigenvalue weighted by Gasteiger charge is -2.12. The number of halogens is 2. The number of carbonyl (C=O) groups is 2. The normalized spacial score (nSPS) is 10.1. The number of hydrogen-bond acceptors (Lipinski definition) is 3. The van der Waals surface area contributed by atoms with Gasteiger partial charge in [0.1, 0.15) is 17.4 Å². The molecule has 2 amide bonds. The minimum Gasteiger partial charge on any atom is -0.495 e. The standard InChI is InChI=1S/C16H14F2N2O3/c1-9(21)19-11-4-6-15(23-2)14(8-11)20-16(22)12-7-10(17)3-5-13(12)18/h3-8H,1-2H3,(H,19,21)(H,20,22). The first-order chi connectivity index (χ1) is 10.9. The van der Waals surface area contributed by atoms with Gasteiger partial charge in [0.05, 0.1) is 18.4 Å². The average Bonchev–Trinajstić information content (AvgIpc) is 2.49. The first-order valence-corrected chi connectivity index (χ1v) is 6.62. The third-order valence-electron chi connectivity index (χ3n) is 2.94. The van der Waals surface area contributed by atoms with E-state index in [9.17, 15) is 18.4 Å². The van der Waals surface area contributed by atoms with Crippen LogP contribution in [0.3, 0.4) is 0 Å². The van der Waals surface area contributed by atoms with Crippen LogP contribution in [-0.2, 0) is 4.79 Å². The zero-order valence-corrected chi connectivity index (χ0v) is 12.4. The molecule has 0 heterocycles. The Morgan fingerprint density at radius 1 is 1.04 bits per heavy atom. The van der Waals surface area contributed by atoms with Crippen molar-refractivity contribution in [2.45, 2.75) is 6.92 Å². The number of carbonyl (C=O) groups excluding carboxylic acids is 2. The van der Waals surface area contributed by atoms with Gasteiger partial charge in [0.15, 0.2) is 0 Å². The number of anilines is 2. The van der Waals surface area contributed by atoms with Gasteiger partial charge in [-0.2, -0.15) is 0 Å². The molecule has 2 N–H and O–H groups in total. The fourth-order valence-corrected chi connectivity index (χ4v) is 1.95. The van der Waals surface area contributed by atoms with E-state index >= 15 is 0 Å². The monoisotopic (exact) mass is 320 g/mol. The van der Waals surface area contributed by atoms with Crippen LogP contribution in [-0.4, -0.2) is 18.9 Å². The second-order valence-corrected chi connectivity index (χ2v) is 4.67. The van der Waals surface area contributed by atoms with Gasteiger partial charge in [-0.15, -0.1) is 0 Å². The highest BCUT2D eigenvalue weighted by Crippen LogP contribution is 2.28. The van der Waals surface area contributed by atoms with Gasteiger partial charge in [0.25, 0.3) is 5.91 Å². The maximum absolute atomic E-state index is 13.6. The van der Waals surface area contributed by atoms with Crippen LogP contribution in [0.1, 0.15) is 17.3 Å². The van der Waals surface area contributed by atoms with Gasteiger partial charge in [-0.3, -0.25) is 9.59 Å². The predicted octanol–water partition coefficient (Wildman–Crippen LogP) is 3.18. The Bertz CT molecular complexity index is 763. The molecule has 120 valence electrons. The van der Waals surface area contributed by atoms with Gasteiger partial charge in [-0.1, -0.05) is 0 Å². The summed E-state index contributed by atoms with van der Waals surface area (Å²) in [6.45, 7) is 1.34. The number of nitrogens with one attached hydrogen (secondary N) is 2. The quantitative estimate of drug-likeness (QED) is 0.909. The Balaban J connectivity index is 2.32. The average molecular weight is 320 g/mol. The zero-order valence-electron chi connectivity index (χ0n) is 12.4. The zero-order chi connectivity index (χ0) is 17.0. The van der Waals surface area contributed by atoms with Gasteiger partial charge in [-0.05, 0) is 36.4 Å². The van der Waals surface area contributed by atoms with Crippen molar-refractivity contribution in [2.75, 3.05) is 17.7 Å². The fraction of sp³-hybridized carbons (Fsp3) is 0.125. The smallest absolute Gasteiger partial charge is 0.258 e. The topological polar surface area (TPSA) is 67.4 Å². The fourth-order valence-electron chi connectivity index (χ4n) is 1.95. The second-order valence-electron chi connectivity index (χ2n) is 4.67. The highest BCUT2D eigenvalue weighted by Gasteiger charge is 2.15. The Morgan fingerprint density at radius 2 is 1.78 bits per heavy atom. The molecule has 0 unspecified atom stereocenters. The third-order valence-corrected chi connectivity index (χ3v) is 2.94. The van der Waals surface area contributed by atoms with Crippen LogP contribution in [0.2, 0.25) is 0 Å². The van der Waals surface area contributed by atoms with Crippen LogP contribution >= 0.6 is 0 Å². The summed E-state index contributed by atoms with van der Waals surface area (Å²) in [6.07, 6.45) is 0. The summed E-state index contributed by atoms with van der Waals surface area (Å²) in [4.78, 5) is 23.2. The van der Waals surface area contributed by atoms with Crippen LogP contribution < -0.4 is 15.4 Å². The first-order valence-electron chi connectivity index (χ1n) is 6.62. The maximum Gasteiger partial charge on any atom is 0.258 e. The van der Waals surface area contributed by atoms with Crippen LogP contribution in [0.5, 0.6) is 5.75 Å². The second kappa shape index (κ2) is 6.87. The molecule has 0 spiro atoms. The van der Waals surface area contributed by atoms with E-state index in [2.05, 4.69) is 10.6 Å². The molecular formula is C16H14F2N2O3. The van der Waals surface area contributed by atoms with Gasteiger partial charge in [0, 0.05) is 12.6 Å². The molecule has 2 aromatic carbocycles. The molecule has 0 aliphatic carbocycles. The number of ether oxygens (including phenoxy) is 1. The molecule has 0 atom stereocenters. The SMILES string of the molecule is COc1ccc(NC(C)=O)cc1NC(=O)c1cc(F)ccc1F. The van der Waals surface area contributed by atoms with Crippen LogP contribution in [0, 0.1) is 11.6 Å². The van der Waals surface area contributed by atoms with Gasteiger partial charge < -0.3 is 15.4 Å². The molecule has 0 aromatic heterocycles. The van der Waals surface area contributed by atoms with E-state index in [-0.39, 0.29) is 11.6 Å². The Hall–Kier alpha value is -2.96. The molecule has 0 aliphatic rings. The summed E-state index contributed by atoms with van der Waals surface area (Å²) in [6, 6.07) is 7.16. The molecule has 0 radical (unpaired) electrons. The minimum absolute atomic E-state index is 0.215. The lowest BCUT2D eigenvalue weighted by molar-refractivity contribution is -0.114. The van der Waals surface area contributed by atoms with E-state index in [1.165, 1.54) is 26.2 Å². The molecule has 5 nitrogen and oxygen atoms in total. The van der Waals surface area contributed by atoms with Crippen LogP contribution in [0.4, 0.5) is 20.2 Å². The van der Waals surface area contributed by atoms with Crippen molar-refractivity contribution < 1.29 is 23.1 Å². The lowest BCUT2D eigenvalue weighted by atomic mass is 10.1. The number of hydrogen-bond donors (Lipinski definition) is 2. The van der Waals surface area contributed by atoms with Gasteiger partial charge in [0.2, 0.25) is 5.91 Å². The van der Waals surface area contributed by atoms with E-state index in [1.54, 1.807) is 6.07 Å². The van der Waals surface area contributed by atoms with Gasteiger partial charge in [-0.25, -0.2) is 8.78 Å². The lowest BCUT2D eigenvalue weighted by Crippen LogP contribution is -2.15. The highest BCUT2D eigenvalue weighted by molar-refractivity contribution is 6.05. The number of amides is 2. The molecule has 0 saturated heterocycles. The number of rotatable bonds is 4. The van der Waals surface area contributed by atoms with E-state index < -0.39 is 23.1 Å². The number of methoxy groups -OCH3 is 1. The molecular weight excluding hydrogens is 306 g/mol. The van der Waals surface area contributed by atoms with E-state index in [0.717, 1.165) is 18.2 Å². The van der Waals surface area contributed by atoms with Crippen molar-refractivity contribution in [1.82, 2.24) is 0 Å². The van der Waals surface area contributed by atoms with Crippen molar-refractivity contribution in [3.8, 4) is 5.75 Å². The summed E-state index contributed by atoms with van der Waals surface area (Å²) < 4.78 is 31.9. The molecule has 2 rings (SSSR count). The Labute approximate surface area is 131 Å². The first kappa shape index (κ1) is 16.4. The molecule has 23 heavy (non-hydrogen) atoms. The van der Waals surface area contributed by atoms with Crippen molar-refractivity contribution in [2.24, 2.45) is 0 Å². The molecule has 7 heteroatoms. The summed E-state index contributed by atoms with van der Waals surface area (Å²) in [7, 11) is 1.39. The molecule has 0 saturated carbocycles. The molecule has 0 aliphatic heterocycles. The minimum atomic E-state index is -0.846. The van der Waals surface area contributed by atoms with E-state index in [0.29, 0.717) is 11.4 Å². The van der Waals surface area contributed by atoms with E-state index in [1.807, 2.05) is 0 Å². The summed E-state index contributed by atoms with van der Waals surface area (Å²) in [5, 5.41) is 4.99. The summed E-state index contributed by atoms with van der Waals surface area (Å²) in [5.41, 5.74) is 0.206. The molecule has 2 aromatic rings. The van der Waals surface area contributed by atoms with Gasteiger partial charge >= 0.3 is 0 Å². The van der Waals surface area contributed by atoms with Crippen LogP contribution in [0.25, 0.3) is 0 Å². The Kier molecular flexibility index (Phi) is 4.90. The van der Waals surface area contributed by atoms with Crippen LogP contribution in [0.15, 0.2) is 36.4 Å². The predicted molar refractivity (Wildman–Crippen MR) is 81.6 cm³/mol. The van der Waals surface area contributed by atoms with Crippen molar-refractivity contribution >= 4 is 23.2 Å². The number of benzene rings is 2. The molecule has 0 fully saturated rings. The summed E-state index contributed by atoms with van der Waals surface area (Å²) >= 11 is 0. The Morgan fingerprint density at radius 3 is 2.43 bits per heavy atom. The highest BCUT2D eigenvalue weighted by atomic mass is 19.1. The van der Waals surface area contributed by atoms with E-state index in [4.69, 9.17) is 4.74 Å². The van der Waals surface area contributed by atoms with Crippen molar-refractivity contribution in [3.05, 3.63) is 53.6 Å². The maximum atomic E-state index is 13.6. The van der Waals surface area contributed by atoms with Crippen molar-refractivity contribution in [1.29, 1.82) is 0 Å². The third kappa shape index (κ3) is 4.03. The largest absolute Gasteiger partial charge is 0.495 e. The summed E-state index contributed by atoms with van der Waals surface area (Å²) in [5.74, 6) is -2.38. The van der Waals surface area contributed by atoms with Crippen molar-refractivity contribution in [3.63, 3.8) is 0 Å².